The topological polar surface area (TPSA) is 50.3 Å². The summed E-state index contributed by atoms with van der Waals surface area (Å²) in [4.78, 5) is 35.1. The average molecular weight is 382 g/mol. The zero-order chi connectivity index (χ0) is 19.6. The molecule has 156 valence electrons. The summed E-state index contributed by atoms with van der Waals surface area (Å²) in [5.41, 5.74) is 0. The molecule has 2 aliphatic heterocycles. The molecule has 2 aliphatic rings. The predicted molar refractivity (Wildman–Crippen MR) is 109 cm³/mol. The van der Waals surface area contributed by atoms with Crippen molar-refractivity contribution in [3.63, 3.8) is 0 Å². The smallest absolute Gasteiger partial charge is 0.320 e. The van der Waals surface area contributed by atoms with Crippen LogP contribution in [0.2, 0.25) is 0 Å². The first kappa shape index (κ1) is 21.8. The van der Waals surface area contributed by atoms with Crippen molar-refractivity contribution in [2.24, 2.45) is 0 Å². The third-order valence-corrected chi connectivity index (χ3v) is 5.83. The van der Waals surface area contributed by atoms with Gasteiger partial charge in [0.1, 0.15) is 0 Å². The van der Waals surface area contributed by atoms with Crippen molar-refractivity contribution in [1.29, 1.82) is 0 Å². The van der Waals surface area contributed by atoms with Gasteiger partial charge in [0.15, 0.2) is 0 Å². The van der Waals surface area contributed by atoms with Crippen LogP contribution in [0, 0.1) is 0 Å². The van der Waals surface area contributed by atoms with E-state index < -0.39 is 0 Å². The Morgan fingerprint density at radius 3 is 2.04 bits per heavy atom. The molecule has 0 saturated carbocycles. The van der Waals surface area contributed by atoms with E-state index in [0.717, 1.165) is 78.4 Å². The summed E-state index contributed by atoms with van der Waals surface area (Å²) in [6, 6.07) is 0.370. The Bertz CT molecular complexity index is 461. The minimum Gasteiger partial charge on any atom is -0.325 e. The van der Waals surface area contributed by atoms with E-state index in [9.17, 15) is 9.59 Å². The summed E-state index contributed by atoms with van der Waals surface area (Å²) < 4.78 is 0. The second kappa shape index (κ2) is 11.4. The number of amides is 4. The lowest BCUT2D eigenvalue weighted by Crippen LogP contribution is -2.53. The molecule has 4 amide bonds. The fourth-order valence-corrected chi connectivity index (χ4v) is 3.90. The normalized spacial score (nSPS) is 18.5. The number of hydrogen-bond donors (Lipinski definition) is 0. The van der Waals surface area contributed by atoms with Crippen molar-refractivity contribution in [3.8, 4) is 0 Å². The quantitative estimate of drug-likeness (QED) is 0.546. The largest absolute Gasteiger partial charge is 0.325 e. The highest BCUT2D eigenvalue weighted by Crippen LogP contribution is 2.12. The summed E-state index contributed by atoms with van der Waals surface area (Å²) in [6.07, 6.45) is 4.83. The highest BCUT2D eigenvalue weighted by atomic mass is 16.2. The molecule has 0 bridgehead atoms. The second-order valence-electron chi connectivity index (χ2n) is 7.60. The Balaban J connectivity index is 1.65. The summed E-state index contributed by atoms with van der Waals surface area (Å²) in [5, 5.41) is 0. The molecule has 2 fully saturated rings. The highest BCUT2D eigenvalue weighted by Gasteiger charge is 2.29. The highest BCUT2D eigenvalue weighted by molar-refractivity contribution is 5.76. The van der Waals surface area contributed by atoms with E-state index in [1.54, 1.807) is 0 Å². The van der Waals surface area contributed by atoms with Crippen LogP contribution in [0.25, 0.3) is 0 Å². The van der Waals surface area contributed by atoms with Crippen molar-refractivity contribution in [2.75, 3.05) is 72.0 Å². The van der Waals surface area contributed by atoms with Gasteiger partial charge in [0, 0.05) is 72.0 Å². The van der Waals surface area contributed by atoms with Gasteiger partial charge in [-0.15, -0.1) is 0 Å². The van der Waals surface area contributed by atoms with Crippen LogP contribution in [0.5, 0.6) is 0 Å². The monoisotopic (exact) mass is 381 g/mol. The third-order valence-electron chi connectivity index (χ3n) is 5.83. The Labute approximate surface area is 165 Å². The molecule has 0 spiro atoms. The lowest BCUT2D eigenvalue weighted by molar-refractivity contribution is 0.111. The van der Waals surface area contributed by atoms with E-state index in [2.05, 4.69) is 11.8 Å². The van der Waals surface area contributed by atoms with Crippen LogP contribution in [-0.4, -0.2) is 109 Å². The van der Waals surface area contributed by atoms with Crippen LogP contribution in [0.4, 0.5) is 9.59 Å². The van der Waals surface area contributed by atoms with Gasteiger partial charge in [0.2, 0.25) is 0 Å². The molecule has 2 heterocycles. The zero-order valence-corrected chi connectivity index (χ0v) is 17.7. The Morgan fingerprint density at radius 1 is 0.815 bits per heavy atom. The maximum atomic E-state index is 12.5. The number of urea groups is 2. The lowest BCUT2D eigenvalue weighted by Gasteiger charge is -2.37. The van der Waals surface area contributed by atoms with Gasteiger partial charge in [-0.25, -0.2) is 9.59 Å². The van der Waals surface area contributed by atoms with Gasteiger partial charge in [-0.3, -0.25) is 4.90 Å². The first-order valence-electron chi connectivity index (χ1n) is 10.9. The minimum atomic E-state index is 0.160. The van der Waals surface area contributed by atoms with E-state index in [1.165, 1.54) is 19.3 Å². The summed E-state index contributed by atoms with van der Waals surface area (Å²) in [7, 11) is 0. The molecule has 27 heavy (non-hydrogen) atoms. The van der Waals surface area contributed by atoms with Crippen molar-refractivity contribution in [2.45, 2.75) is 46.5 Å². The van der Waals surface area contributed by atoms with Gasteiger partial charge in [-0.2, -0.15) is 0 Å². The number of carbonyl (C=O) groups excluding carboxylic acids is 2. The number of unbranched alkanes of at least 4 members (excludes halogenated alkanes) is 3. The Morgan fingerprint density at radius 2 is 1.44 bits per heavy atom. The lowest BCUT2D eigenvalue weighted by atomic mass is 10.2. The van der Waals surface area contributed by atoms with E-state index in [0.29, 0.717) is 0 Å². The van der Waals surface area contributed by atoms with Crippen molar-refractivity contribution >= 4 is 12.1 Å². The zero-order valence-electron chi connectivity index (χ0n) is 17.7. The molecular formula is C20H39N5O2. The van der Waals surface area contributed by atoms with E-state index in [-0.39, 0.29) is 12.1 Å². The van der Waals surface area contributed by atoms with Crippen molar-refractivity contribution < 1.29 is 9.59 Å². The minimum absolute atomic E-state index is 0.160. The number of nitrogens with zero attached hydrogens (tertiary/aromatic N) is 5. The maximum absolute atomic E-state index is 12.5. The average Bonchev–Trinajstić information content (AvgIpc) is 3.04. The molecule has 0 N–H and O–H groups in total. The number of rotatable bonds is 10. The first-order chi connectivity index (χ1) is 13.1. The van der Waals surface area contributed by atoms with Crippen molar-refractivity contribution in [1.82, 2.24) is 24.5 Å². The summed E-state index contributed by atoms with van der Waals surface area (Å²) in [6.45, 7) is 15.5. The number of carbonyl (C=O) groups is 2. The van der Waals surface area contributed by atoms with E-state index in [4.69, 9.17) is 0 Å². The molecular weight excluding hydrogens is 342 g/mol. The number of piperazine rings is 1. The molecule has 7 nitrogen and oxygen atoms in total. The van der Waals surface area contributed by atoms with Gasteiger partial charge >= 0.3 is 12.1 Å². The van der Waals surface area contributed by atoms with E-state index >= 15 is 0 Å². The molecule has 0 aromatic rings. The van der Waals surface area contributed by atoms with Gasteiger partial charge in [0.05, 0.1) is 0 Å². The summed E-state index contributed by atoms with van der Waals surface area (Å²) >= 11 is 0. The summed E-state index contributed by atoms with van der Waals surface area (Å²) in [5.74, 6) is 0. The van der Waals surface area contributed by atoms with Crippen LogP contribution in [0.15, 0.2) is 0 Å². The molecule has 0 radical (unpaired) electrons. The number of hydrogen-bond acceptors (Lipinski definition) is 3. The standard InChI is InChI=1S/C20H39N5O2/c1-4-7-8-9-10-23-17-18-25(20(23)27)16-13-21-11-14-24(15-12-21)19(26)22(5-2)6-3/h4-18H2,1-3H3. The van der Waals surface area contributed by atoms with Crippen LogP contribution >= 0.6 is 0 Å². The third kappa shape index (κ3) is 6.26. The molecule has 2 rings (SSSR count). The van der Waals surface area contributed by atoms with Crippen LogP contribution in [0.3, 0.4) is 0 Å². The molecule has 0 unspecified atom stereocenters. The SMILES string of the molecule is CCCCCCN1CCN(CCN2CCN(C(=O)N(CC)CC)CC2)C1=O. The second-order valence-corrected chi connectivity index (χ2v) is 7.60. The van der Waals surface area contributed by atoms with Crippen LogP contribution in [-0.2, 0) is 0 Å². The van der Waals surface area contributed by atoms with Crippen LogP contribution in [0.1, 0.15) is 46.5 Å². The molecule has 7 heteroatoms. The predicted octanol–water partition coefficient (Wildman–Crippen LogP) is 2.38. The molecule has 0 atom stereocenters. The molecule has 0 aliphatic carbocycles. The molecule has 2 saturated heterocycles. The van der Waals surface area contributed by atoms with Crippen molar-refractivity contribution in [3.05, 3.63) is 0 Å². The maximum Gasteiger partial charge on any atom is 0.320 e. The molecule has 0 aromatic heterocycles. The Hall–Kier alpha value is -1.50. The fraction of sp³-hybridized carbons (Fsp3) is 0.900. The van der Waals surface area contributed by atoms with Gasteiger partial charge in [0.25, 0.3) is 0 Å². The van der Waals surface area contributed by atoms with Gasteiger partial charge in [-0.05, 0) is 20.3 Å². The van der Waals surface area contributed by atoms with Gasteiger partial charge in [-0.1, -0.05) is 26.2 Å². The van der Waals surface area contributed by atoms with Crippen LogP contribution < -0.4 is 0 Å². The van der Waals surface area contributed by atoms with Gasteiger partial charge < -0.3 is 19.6 Å². The fourth-order valence-electron chi connectivity index (χ4n) is 3.90. The molecule has 0 aromatic carbocycles. The first-order valence-corrected chi connectivity index (χ1v) is 10.9. The van der Waals surface area contributed by atoms with E-state index in [1.807, 2.05) is 33.4 Å². The Kier molecular flexibility index (Phi) is 9.18.